The first-order chi connectivity index (χ1) is 16.9. The summed E-state index contributed by atoms with van der Waals surface area (Å²) in [7, 11) is 3.37. The monoisotopic (exact) mass is 510 g/mol. The molecule has 0 bridgehead atoms. The van der Waals surface area contributed by atoms with Gasteiger partial charge in [0, 0.05) is 17.5 Å². The molecule has 1 aromatic carbocycles. The summed E-state index contributed by atoms with van der Waals surface area (Å²) < 4.78 is 6.89. The lowest BCUT2D eigenvalue weighted by atomic mass is 9.96. The Morgan fingerprint density at radius 2 is 2.00 bits per heavy atom. The van der Waals surface area contributed by atoms with Gasteiger partial charge in [0.15, 0.2) is 11.0 Å². The van der Waals surface area contributed by atoms with E-state index in [0.29, 0.717) is 32.9 Å². The molecule has 35 heavy (non-hydrogen) atoms. The van der Waals surface area contributed by atoms with Gasteiger partial charge in [-0.15, -0.1) is 21.5 Å². The summed E-state index contributed by atoms with van der Waals surface area (Å²) in [5.74, 6) is 0.953. The molecular weight excluding hydrogens is 484 g/mol. The normalized spacial score (nSPS) is 13.4. The van der Waals surface area contributed by atoms with Crippen LogP contribution in [0.4, 0.5) is 5.00 Å². The highest BCUT2D eigenvalue weighted by Gasteiger charge is 2.23. The first-order valence-electron chi connectivity index (χ1n) is 11.2. The van der Waals surface area contributed by atoms with Gasteiger partial charge in [-0.25, -0.2) is 0 Å². The number of hydrogen-bond donors (Lipinski definition) is 2. The van der Waals surface area contributed by atoms with Crippen LogP contribution in [-0.2, 0) is 24.7 Å². The van der Waals surface area contributed by atoms with Crippen LogP contribution in [0.1, 0.15) is 58.0 Å². The second-order valence-electron chi connectivity index (χ2n) is 8.19. The van der Waals surface area contributed by atoms with Crippen molar-refractivity contribution in [3.63, 3.8) is 0 Å². The molecule has 4 rings (SSSR count). The summed E-state index contributed by atoms with van der Waals surface area (Å²) in [4.78, 5) is 26.4. The predicted molar refractivity (Wildman–Crippen MR) is 135 cm³/mol. The zero-order chi connectivity index (χ0) is 24.9. The Balaban J connectivity index is 1.35. The number of nitrogens with zero attached hydrogens (tertiary/aromatic N) is 4. The van der Waals surface area contributed by atoms with Crippen LogP contribution in [0.15, 0.2) is 29.4 Å². The van der Waals surface area contributed by atoms with E-state index < -0.39 is 0 Å². The summed E-state index contributed by atoms with van der Waals surface area (Å²) >= 11 is 2.76. The van der Waals surface area contributed by atoms with Crippen LogP contribution in [0.5, 0.6) is 5.75 Å². The maximum atomic E-state index is 12.6. The number of methoxy groups -OCH3 is 1. The summed E-state index contributed by atoms with van der Waals surface area (Å²) in [6.45, 7) is 1.83. The molecule has 11 heteroatoms. The maximum Gasteiger partial charge on any atom is 0.251 e. The third-order valence-electron chi connectivity index (χ3n) is 5.82. The Labute approximate surface area is 211 Å². The minimum absolute atomic E-state index is 0.131. The molecule has 2 aromatic heterocycles. The molecule has 182 valence electrons. The number of fused-ring (bicyclic) bond motifs is 1. The van der Waals surface area contributed by atoms with Gasteiger partial charge in [-0.3, -0.25) is 9.59 Å². The van der Waals surface area contributed by atoms with Crippen molar-refractivity contribution in [1.82, 2.24) is 20.1 Å². The van der Waals surface area contributed by atoms with Gasteiger partial charge in [-0.2, -0.15) is 5.26 Å². The first kappa shape index (κ1) is 24.8. The third kappa shape index (κ3) is 5.49. The lowest BCUT2D eigenvalue weighted by molar-refractivity contribution is -0.113. The fourth-order valence-corrected chi connectivity index (χ4v) is 5.95. The maximum absolute atomic E-state index is 12.6. The second kappa shape index (κ2) is 10.9. The SMILES string of the molecule is COc1ccc(C(=O)N[C@H](C)c2nnc(SCC(=O)Nc3sc4c(c3C#N)CCCC4)n2C)cc1. The number of carbonyl (C=O) groups excluding carboxylic acids is 2. The van der Waals surface area contributed by atoms with Gasteiger partial charge in [-0.1, -0.05) is 11.8 Å². The Hall–Kier alpha value is -3.36. The van der Waals surface area contributed by atoms with Crippen LogP contribution in [-0.4, -0.2) is 39.4 Å². The zero-order valence-corrected chi connectivity index (χ0v) is 21.4. The van der Waals surface area contributed by atoms with E-state index in [1.54, 1.807) is 43.0 Å². The van der Waals surface area contributed by atoms with Gasteiger partial charge in [0.1, 0.15) is 16.8 Å². The van der Waals surface area contributed by atoms with E-state index in [1.165, 1.54) is 28.0 Å². The number of aryl methyl sites for hydroxylation is 1. The highest BCUT2D eigenvalue weighted by Crippen LogP contribution is 2.37. The van der Waals surface area contributed by atoms with Gasteiger partial charge in [0.2, 0.25) is 5.91 Å². The molecule has 2 heterocycles. The van der Waals surface area contributed by atoms with Crippen molar-refractivity contribution in [2.75, 3.05) is 18.2 Å². The average molecular weight is 511 g/mol. The topological polar surface area (TPSA) is 122 Å². The molecule has 2 N–H and O–H groups in total. The summed E-state index contributed by atoms with van der Waals surface area (Å²) in [6.07, 6.45) is 4.06. The van der Waals surface area contributed by atoms with E-state index in [0.717, 1.165) is 31.2 Å². The zero-order valence-electron chi connectivity index (χ0n) is 19.8. The largest absolute Gasteiger partial charge is 0.497 e. The molecule has 0 saturated carbocycles. The van der Waals surface area contributed by atoms with Crippen LogP contribution in [0.25, 0.3) is 0 Å². The smallest absolute Gasteiger partial charge is 0.251 e. The Morgan fingerprint density at radius 3 is 2.71 bits per heavy atom. The molecule has 2 amide bonds. The third-order valence-corrected chi connectivity index (χ3v) is 8.05. The predicted octanol–water partition coefficient (Wildman–Crippen LogP) is 3.86. The average Bonchev–Trinajstić information content (AvgIpc) is 3.41. The summed E-state index contributed by atoms with van der Waals surface area (Å²) in [6, 6.07) is 8.72. The quantitative estimate of drug-likeness (QED) is 0.441. The molecule has 1 aliphatic carbocycles. The fourth-order valence-electron chi connectivity index (χ4n) is 3.98. The van der Waals surface area contributed by atoms with Crippen molar-refractivity contribution in [1.29, 1.82) is 5.26 Å². The highest BCUT2D eigenvalue weighted by atomic mass is 32.2. The van der Waals surface area contributed by atoms with E-state index >= 15 is 0 Å². The van der Waals surface area contributed by atoms with Crippen molar-refractivity contribution in [3.05, 3.63) is 51.7 Å². The van der Waals surface area contributed by atoms with Gasteiger partial charge in [0.05, 0.1) is 24.5 Å². The van der Waals surface area contributed by atoms with Crippen molar-refractivity contribution in [2.45, 2.75) is 43.8 Å². The number of amides is 2. The van der Waals surface area contributed by atoms with Gasteiger partial charge in [0.25, 0.3) is 5.91 Å². The first-order valence-corrected chi connectivity index (χ1v) is 13.0. The molecule has 1 aliphatic rings. The number of thioether (sulfide) groups is 1. The Morgan fingerprint density at radius 1 is 1.26 bits per heavy atom. The Bertz CT molecular complexity index is 1280. The van der Waals surface area contributed by atoms with Crippen LogP contribution >= 0.6 is 23.1 Å². The summed E-state index contributed by atoms with van der Waals surface area (Å²) in [5.41, 5.74) is 2.21. The number of rotatable bonds is 8. The molecule has 9 nitrogen and oxygen atoms in total. The molecule has 0 unspecified atom stereocenters. The van der Waals surface area contributed by atoms with Crippen LogP contribution in [0.3, 0.4) is 0 Å². The molecule has 0 fully saturated rings. The molecule has 0 spiro atoms. The number of nitriles is 1. The fraction of sp³-hybridized carbons (Fsp3) is 0.375. The second-order valence-corrected chi connectivity index (χ2v) is 10.2. The van der Waals surface area contributed by atoms with E-state index in [1.807, 2.05) is 6.92 Å². The van der Waals surface area contributed by atoms with E-state index in [-0.39, 0.29) is 23.6 Å². The molecule has 0 saturated heterocycles. The van der Waals surface area contributed by atoms with Gasteiger partial charge in [-0.05, 0) is 62.4 Å². The number of carbonyl (C=O) groups is 2. The number of aromatic nitrogens is 3. The van der Waals surface area contributed by atoms with Crippen molar-refractivity contribution < 1.29 is 14.3 Å². The molecule has 0 aliphatic heterocycles. The molecule has 3 aromatic rings. The molecule has 0 radical (unpaired) electrons. The summed E-state index contributed by atoms with van der Waals surface area (Å²) in [5, 5.41) is 25.0. The van der Waals surface area contributed by atoms with Crippen LogP contribution in [0.2, 0.25) is 0 Å². The van der Waals surface area contributed by atoms with Crippen LogP contribution < -0.4 is 15.4 Å². The lowest BCUT2D eigenvalue weighted by Gasteiger charge is -2.14. The van der Waals surface area contributed by atoms with E-state index in [2.05, 4.69) is 26.9 Å². The van der Waals surface area contributed by atoms with Crippen molar-refractivity contribution >= 4 is 39.9 Å². The van der Waals surface area contributed by atoms with E-state index in [9.17, 15) is 14.9 Å². The number of anilines is 1. The van der Waals surface area contributed by atoms with E-state index in [4.69, 9.17) is 4.74 Å². The number of thiophene rings is 1. The van der Waals surface area contributed by atoms with Crippen molar-refractivity contribution in [2.24, 2.45) is 7.05 Å². The number of benzene rings is 1. The van der Waals surface area contributed by atoms with Crippen molar-refractivity contribution in [3.8, 4) is 11.8 Å². The van der Waals surface area contributed by atoms with Gasteiger partial charge >= 0.3 is 0 Å². The molecule has 1 atom stereocenters. The standard InChI is InChI=1S/C24H26N6O3S2/c1-14(26-22(32)15-8-10-16(33-3)11-9-15)21-28-29-24(30(21)2)34-13-20(31)27-23-18(12-25)17-6-4-5-7-19(17)35-23/h8-11,14H,4-7,13H2,1-3H3,(H,26,32)(H,27,31)/t14-/m1/s1. The minimum Gasteiger partial charge on any atom is -0.497 e. The lowest BCUT2D eigenvalue weighted by Crippen LogP contribution is -2.28. The minimum atomic E-state index is -0.388. The molecular formula is C24H26N6O3S2. The number of nitrogens with one attached hydrogen (secondary N) is 2. The van der Waals surface area contributed by atoms with Crippen LogP contribution in [0, 0.1) is 11.3 Å². The number of hydrogen-bond acceptors (Lipinski definition) is 8. The Kier molecular flexibility index (Phi) is 7.73. The van der Waals surface area contributed by atoms with Gasteiger partial charge < -0.3 is 19.9 Å². The number of ether oxygens (including phenoxy) is 1. The highest BCUT2D eigenvalue weighted by molar-refractivity contribution is 7.99.